The van der Waals surface area contributed by atoms with Crippen molar-refractivity contribution < 1.29 is 4.79 Å². The first-order chi connectivity index (χ1) is 8.97. The third-order valence-electron chi connectivity index (χ3n) is 3.41. The minimum absolute atomic E-state index is 0.255. The van der Waals surface area contributed by atoms with Crippen molar-refractivity contribution in [3.8, 4) is 0 Å². The highest BCUT2D eigenvalue weighted by atomic mass is 16.2. The molecule has 0 atom stereocenters. The predicted octanol–water partition coefficient (Wildman–Crippen LogP) is 1.77. The zero-order chi connectivity index (χ0) is 13.9. The van der Waals surface area contributed by atoms with Gasteiger partial charge in [-0.25, -0.2) is 0 Å². The van der Waals surface area contributed by atoms with Crippen molar-refractivity contribution in [2.75, 3.05) is 26.2 Å². The molecule has 0 aliphatic carbocycles. The number of amides is 1. The SMILES string of the molecule is CC(C)(C)C(=O)N1CCN(Cc2ccccn2)CC1. The predicted molar refractivity (Wildman–Crippen MR) is 75.5 cm³/mol. The zero-order valence-corrected chi connectivity index (χ0v) is 12.1. The highest BCUT2D eigenvalue weighted by molar-refractivity contribution is 5.81. The molecule has 4 nitrogen and oxygen atoms in total. The number of carbonyl (C=O) groups excluding carboxylic acids is 1. The quantitative estimate of drug-likeness (QED) is 0.814. The third kappa shape index (κ3) is 3.77. The minimum atomic E-state index is -0.275. The standard InChI is InChI=1S/C15H23N3O/c1-15(2,3)14(19)18-10-8-17(9-11-18)12-13-6-4-5-7-16-13/h4-7H,8-12H2,1-3H3. The number of hydrogen-bond acceptors (Lipinski definition) is 3. The van der Waals surface area contributed by atoms with Crippen LogP contribution in [0, 0.1) is 5.41 Å². The maximum Gasteiger partial charge on any atom is 0.228 e. The number of pyridine rings is 1. The van der Waals surface area contributed by atoms with Crippen LogP contribution in [0.5, 0.6) is 0 Å². The summed E-state index contributed by atoms with van der Waals surface area (Å²) in [5, 5.41) is 0. The van der Waals surface area contributed by atoms with Gasteiger partial charge in [-0.3, -0.25) is 14.7 Å². The highest BCUT2D eigenvalue weighted by Crippen LogP contribution is 2.18. The van der Waals surface area contributed by atoms with Gasteiger partial charge in [-0.1, -0.05) is 26.8 Å². The fourth-order valence-electron chi connectivity index (χ4n) is 2.30. The van der Waals surface area contributed by atoms with Crippen LogP contribution >= 0.6 is 0 Å². The van der Waals surface area contributed by atoms with E-state index in [0.29, 0.717) is 0 Å². The average Bonchev–Trinajstić information content (AvgIpc) is 2.39. The van der Waals surface area contributed by atoms with Crippen molar-refractivity contribution in [1.29, 1.82) is 0 Å². The number of rotatable bonds is 2. The summed E-state index contributed by atoms with van der Waals surface area (Å²) >= 11 is 0. The van der Waals surface area contributed by atoms with Gasteiger partial charge in [0, 0.05) is 44.3 Å². The van der Waals surface area contributed by atoms with Gasteiger partial charge in [0.1, 0.15) is 0 Å². The molecule has 19 heavy (non-hydrogen) atoms. The Morgan fingerprint density at radius 3 is 2.42 bits per heavy atom. The molecule has 0 aromatic carbocycles. The molecular weight excluding hydrogens is 238 g/mol. The first kappa shape index (κ1) is 14.0. The van der Waals surface area contributed by atoms with Gasteiger partial charge in [0.15, 0.2) is 0 Å². The van der Waals surface area contributed by atoms with Gasteiger partial charge in [0.05, 0.1) is 5.69 Å². The van der Waals surface area contributed by atoms with E-state index in [2.05, 4.69) is 9.88 Å². The van der Waals surface area contributed by atoms with Crippen LogP contribution in [-0.4, -0.2) is 46.9 Å². The van der Waals surface area contributed by atoms with E-state index < -0.39 is 0 Å². The van der Waals surface area contributed by atoms with Crippen LogP contribution < -0.4 is 0 Å². The molecule has 0 unspecified atom stereocenters. The fraction of sp³-hybridized carbons (Fsp3) is 0.600. The molecule has 0 saturated carbocycles. The lowest BCUT2D eigenvalue weighted by molar-refractivity contribution is -0.141. The molecule has 1 fully saturated rings. The molecule has 1 aliphatic rings. The van der Waals surface area contributed by atoms with Crippen LogP contribution in [0.1, 0.15) is 26.5 Å². The van der Waals surface area contributed by atoms with Crippen molar-refractivity contribution in [1.82, 2.24) is 14.8 Å². The van der Waals surface area contributed by atoms with E-state index in [0.717, 1.165) is 38.4 Å². The Balaban J connectivity index is 1.85. The first-order valence-electron chi connectivity index (χ1n) is 6.88. The number of aromatic nitrogens is 1. The van der Waals surface area contributed by atoms with E-state index in [1.807, 2.05) is 50.1 Å². The summed E-state index contributed by atoms with van der Waals surface area (Å²) in [5.74, 6) is 0.255. The molecule has 2 heterocycles. The van der Waals surface area contributed by atoms with Crippen LogP contribution in [0.2, 0.25) is 0 Å². The van der Waals surface area contributed by atoms with Crippen molar-refractivity contribution >= 4 is 5.91 Å². The molecular formula is C15H23N3O. The van der Waals surface area contributed by atoms with Crippen LogP contribution in [0.3, 0.4) is 0 Å². The van der Waals surface area contributed by atoms with E-state index in [1.54, 1.807) is 0 Å². The molecule has 1 aromatic heterocycles. The van der Waals surface area contributed by atoms with Gasteiger partial charge in [-0.05, 0) is 12.1 Å². The molecule has 0 bridgehead atoms. The lowest BCUT2D eigenvalue weighted by atomic mass is 9.94. The summed E-state index contributed by atoms with van der Waals surface area (Å²) in [5.41, 5.74) is 0.821. The summed E-state index contributed by atoms with van der Waals surface area (Å²) in [6.45, 7) is 10.3. The van der Waals surface area contributed by atoms with E-state index in [9.17, 15) is 4.79 Å². The van der Waals surface area contributed by atoms with E-state index in [4.69, 9.17) is 0 Å². The summed E-state index contributed by atoms with van der Waals surface area (Å²) in [6, 6.07) is 6.00. The van der Waals surface area contributed by atoms with Gasteiger partial charge >= 0.3 is 0 Å². The molecule has 1 amide bonds. The third-order valence-corrected chi connectivity index (χ3v) is 3.41. The van der Waals surface area contributed by atoms with Crippen LogP contribution in [-0.2, 0) is 11.3 Å². The second kappa shape index (κ2) is 5.70. The Morgan fingerprint density at radius 1 is 1.21 bits per heavy atom. The highest BCUT2D eigenvalue weighted by Gasteiger charge is 2.29. The molecule has 4 heteroatoms. The van der Waals surface area contributed by atoms with E-state index in [-0.39, 0.29) is 11.3 Å². The van der Waals surface area contributed by atoms with Gasteiger partial charge in [0.25, 0.3) is 0 Å². The van der Waals surface area contributed by atoms with Crippen molar-refractivity contribution in [2.24, 2.45) is 5.41 Å². The number of nitrogens with zero attached hydrogens (tertiary/aromatic N) is 3. The van der Waals surface area contributed by atoms with Gasteiger partial charge in [-0.2, -0.15) is 0 Å². The Labute approximate surface area is 115 Å². The fourth-order valence-corrected chi connectivity index (χ4v) is 2.30. The van der Waals surface area contributed by atoms with Crippen LogP contribution in [0.15, 0.2) is 24.4 Å². The molecule has 0 N–H and O–H groups in total. The Bertz CT molecular complexity index is 417. The molecule has 0 spiro atoms. The van der Waals surface area contributed by atoms with Crippen molar-refractivity contribution in [3.63, 3.8) is 0 Å². The summed E-state index contributed by atoms with van der Waals surface area (Å²) in [7, 11) is 0. The maximum absolute atomic E-state index is 12.2. The van der Waals surface area contributed by atoms with Gasteiger partial charge in [0.2, 0.25) is 5.91 Å². The average molecular weight is 261 g/mol. The molecule has 2 rings (SSSR count). The maximum atomic E-state index is 12.2. The smallest absolute Gasteiger partial charge is 0.228 e. The summed E-state index contributed by atoms with van der Waals surface area (Å²) < 4.78 is 0. The molecule has 1 saturated heterocycles. The number of hydrogen-bond donors (Lipinski definition) is 0. The normalized spacial score (nSPS) is 17.5. The number of piperazine rings is 1. The summed E-state index contributed by atoms with van der Waals surface area (Å²) in [4.78, 5) is 20.9. The minimum Gasteiger partial charge on any atom is -0.340 e. The summed E-state index contributed by atoms with van der Waals surface area (Å²) in [6.07, 6.45) is 1.83. The zero-order valence-electron chi connectivity index (χ0n) is 12.1. The van der Waals surface area contributed by atoms with Crippen LogP contribution in [0.4, 0.5) is 0 Å². The van der Waals surface area contributed by atoms with Gasteiger partial charge in [-0.15, -0.1) is 0 Å². The van der Waals surface area contributed by atoms with Crippen molar-refractivity contribution in [3.05, 3.63) is 30.1 Å². The molecule has 1 aromatic rings. The largest absolute Gasteiger partial charge is 0.340 e. The van der Waals surface area contributed by atoms with E-state index >= 15 is 0 Å². The molecule has 1 aliphatic heterocycles. The lowest BCUT2D eigenvalue weighted by Crippen LogP contribution is -2.51. The lowest BCUT2D eigenvalue weighted by Gasteiger charge is -2.37. The molecule has 104 valence electrons. The molecule has 0 radical (unpaired) electrons. The topological polar surface area (TPSA) is 36.4 Å². The monoisotopic (exact) mass is 261 g/mol. The Morgan fingerprint density at radius 2 is 1.89 bits per heavy atom. The van der Waals surface area contributed by atoms with Gasteiger partial charge < -0.3 is 4.90 Å². The van der Waals surface area contributed by atoms with Crippen molar-refractivity contribution in [2.45, 2.75) is 27.3 Å². The van der Waals surface area contributed by atoms with E-state index in [1.165, 1.54) is 0 Å². The number of carbonyl (C=O) groups is 1. The Kier molecular flexibility index (Phi) is 4.20. The second-order valence-electron chi connectivity index (χ2n) is 6.14. The Hall–Kier alpha value is -1.42. The second-order valence-corrected chi connectivity index (χ2v) is 6.14. The first-order valence-corrected chi connectivity index (χ1v) is 6.88. The van der Waals surface area contributed by atoms with Crippen LogP contribution in [0.25, 0.3) is 0 Å².